The summed E-state index contributed by atoms with van der Waals surface area (Å²) in [4.78, 5) is 11.9. The highest BCUT2D eigenvalue weighted by Gasteiger charge is 2.13. The predicted molar refractivity (Wildman–Crippen MR) is 70.1 cm³/mol. The average molecular weight is 328 g/mol. The zero-order valence-corrected chi connectivity index (χ0v) is 11.0. The van der Waals surface area contributed by atoms with Gasteiger partial charge in [0.25, 0.3) is 5.91 Å². The highest BCUT2D eigenvalue weighted by Crippen LogP contribution is 2.25. The van der Waals surface area contributed by atoms with Crippen LogP contribution in [0.15, 0.2) is 40.9 Å². The summed E-state index contributed by atoms with van der Waals surface area (Å²) < 4.78 is 26.3. The quantitative estimate of drug-likeness (QED) is 0.883. The van der Waals surface area contributed by atoms with E-state index in [-0.39, 0.29) is 11.3 Å². The summed E-state index contributed by atoms with van der Waals surface area (Å²) in [7, 11) is 0. The van der Waals surface area contributed by atoms with Crippen molar-refractivity contribution in [1.29, 1.82) is 0 Å². The normalized spacial score (nSPS) is 10.3. The van der Waals surface area contributed by atoms with Gasteiger partial charge in [0.1, 0.15) is 17.4 Å². The van der Waals surface area contributed by atoms with E-state index in [0.717, 1.165) is 18.2 Å². The Labute approximate surface area is 116 Å². The van der Waals surface area contributed by atoms with Crippen molar-refractivity contribution in [3.8, 4) is 5.75 Å². The Bertz CT molecular complexity index is 647. The van der Waals surface area contributed by atoms with Crippen molar-refractivity contribution in [3.05, 3.63) is 58.1 Å². The third kappa shape index (κ3) is 3.08. The number of carbonyl (C=O) groups excluding carboxylic acids is 1. The van der Waals surface area contributed by atoms with E-state index in [0.29, 0.717) is 10.2 Å². The van der Waals surface area contributed by atoms with E-state index >= 15 is 0 Å². The van der Waals surface area contributed by atoms with Crippen LogP contribution < -0.4 is 5.32 Å². The van der Waals surface area contributed by atoms with Gasteiger partial charge in [0, 0.05) is 4.47 Å². The number of rotatable bonds is 2. The molecule has 6 heteroatoms. The third-order valence-electron chi connectivity index (χ3n) is 2.38. The molecule has 0 saturated heterocycles. The summed E-state index contributed by atoms with van der Waals surface area (Å²) in [5, 5.41) is 11.9. The second-order valence-electron chi connectivity index (χ2n) is 3.74. The molecule has 0 heterocycles. The number of amides is 1. The van der Waals surface area contributed by atoms with Crippen LogP contribution in [0.5, 0.6) is 5.75 Å². The summed E-state index contributed by atoms with van der Waals surface area (Å²) >= 11 is 3.09. The van der Waals surface area contributed by atoms with Crippen molar-refractivity contribution >= 4 is 27.5 Å². The summed E-state index contributed by atoms with van der Waals surface area (Å²) in [5.41, 5.74) is 0.117. The Morgan fingerprint density at radius 2 is 1.74 bits per heavy atom. The van der Waals surface area contributed by atoms with Crippen LogP contribution in [0.1, 0.15) is 10.4 Å². The van der Waals surface area contributed by atoms with Crippen LogP contribution in [0, 0.1) is 11.6 Å². The second-order valence-corrected chi connectivity index (χ2v) is 4.59. The maximum Gasteiger partial charge on any atom is 0.259 e. The van der Waals surface area contributed by atoms with Crippen molar-refractivity contribution in [2.45, 2.75) is 0 Å². The van der Waals surface area contributed by atoms with Gasteiger partial charge in [-0.25, -0.2) is 8.78 Å². The second kappa shape index (κ2) is 5.36. The van der Waals surface area contributed by atoms with E-state index in [9.17, 15) is 18.7 Å². The van der Waals surface area contributed by atoms with Crippen molar-refractivity contribution < 1.29 is 18.7 Å². The highest BCUT2D eigenvalue weighted by atomic mass is 79.9. The maximum absolute atomic E-state index is 13.0. The van der Waals surface area contributed by atoms with Crippen LogP contribution in [0.4, 0.5) is 14.5 Å². The van der Waals surface area contributed by atoms with E-state index < -0.39 is 17.5 Å². The Morgan fingerprint density at radius 1 is 1.11 bits per heavy atom. The van der Waals surface area contributed by atoms with E-state index in [4.69, 9.17) is 0 Å². The Kier molecular flexibility index (Phi) is 3.80. The number of benzene rings is 2. The van der Waals surface area contributed by atoms with Gasteiger partial charge in [-0.1, -0.05) is 0 Å². The van der Waals surface area contributed by atoms with Gasteiger partial charge in [0.2, 0.25) is 0 Å². The molecule has 0 aliphatic rings. The van der Waals surface area contributed by atoms with Crippen LogP contribution in [-0.2, 0) is 0 Å². The molecule has 0 saturated carbocycles. The van der Waals surface area contributed by atoms with Crippen LogP contribution in [0.2, 0.25) is 0 Å². The minimum Gasteiger partial charge on any atom is -0.507 e. The van der Waals surface area contributed by atoms with Gasteiger partial charge in [-0.3, -0.25) is 4.79 Å². The van der Waals surface area contributed by atoms with E-state index in [1.165, 1.54) is 18.2 Å². The van der Waals surface area contributed by atoms with Gasteiger partial charge in [-0.2, -0.15) is 0 Å². The SMILES string of the molecule is O=C(Nc1ccc(F)cc1Br)c1cc(F)ccc1O. The maximum atomic E-state index is 13.0. The van der Waals surface area contributed by atoms with Gasteiger partial charge in [-0.15, -0.1) is 0 Å². The molecule has 0 aliphatic carbocycles. The molecule has 0 aliphatic heterocycles. The van der Waals surface area contributed by atoms with Crippen molar-refractivity contribution in [2.24, 2.45) is 0 Å². The molecular formula is C13H8BrF2NO2. The molecule has 1 amide bonds. The molecule has 2 N–H and O–H groups in total. The Hall–Kier alpha value is -1.95. The van der Waals surface area contributed by atoms with E-state index in [1.807, 2.05) is 0 Å². The number of carbonyl (C=O) groups is 1. The standard InChI is InChI=1S/C13H8BrF2NO2/c14-10-6-8(16)1-3-11(10)17-13(19)9-5-7(15)2-4-12(9)18/h1-6,18H,(H,17,19). The van der Waals surface area contributed by atoms with Crippen molar-refractivity contribution in [2.75, 3.05) is 5.32 Å². The molecular weight excluding hydrogens is 320 g/mol. The number of nitrogens with one attached hydrogen (secondary N) is 1. The Morgan fingerprint density at radius 3 is 2.42 bits per heavy atom. The first kappa shape index (κ1) is 13.5. The fourth-order valence-electron chi connectivity index (χ4n) is 1.47. The molecule has 0 radical (unpaired) electrons. The molecule has 0 spiro atoms. The Balaban J connectivity index is 2.28. The fourth-order valence-corrected chi connectivity index (χ4v) is 1.92. The average Bonchev–Trinajstić information content (AvgIpc) is 2.35. The predicted octanol–water partition coefficient (Wildman–Crippen LogP) is 3.69. The minimum atomic E-state index is -0.690. The molecule has 2 rings (SSSR count). The number of halogens is 3. The van der Waals surface area contributed by atoms with Crippen molar-refractivity contribution in [3.63, 3.8) is 0 Å². The number of hydrogen-bond acceptors (Lipinski definition) is 2. The zero-order valence-electron chi connectivity index (χ0n) is 9.45. The summed E-state index contributed by atoms with van der Waals surface area (Å²) in [6.45, 7) is 0. The molecule has 3 nitrogen and oxygen atoms in total. The molecule has 0 unspecified atom stereocenters. The number of phenolic OH excluding ortho intramolecular Hbond substituents is 1. The molecule has 98 valence electrons. The molecule has 0 fully saturated rings. The van der Waals surface area contributed by atoms with E-state index in [2.05, 4.69) is 21.2 Å². The first-order chi connectivity index (χ1) is 8.97. The lowest BCUT2D eigenvalue weighted by atomic mass is 10.1. The number of aromatic hydroxyl groups is 1. The fraction of sp³-hybridized carbons (Fsp3) is 0. The van der Waals surface area contributed by atoms with Gasteiger partial charge in [0.05, 0.1) is 11.3 Å². The summed E-state index contributed by atoms with van der Waals surface area (Å²) in [6, 6.07) is 6.76. The van der Waals surface area contributed by atoms with Crippen LogP contribution in [-0.4, -0.2) is 11.0 Å². The van der Waals surface area contributed by atoms with Crippen LogP contribution in [0.3, 0.4) is 0 Å². The monoisotopic (exact) mass is 327 g/mol. The first-order valence-electron chi connectivity index (χ1n) is 5.22. The van der Waals surface area contributed by atoms with E-state index in [1.54, 1.807) is 0 Å². The molecule has 0 aromatic heterocycles. The number of hydrogen-bond donors (Lipinski definition) is 2. The first-order valence-corrected chi connectivity index (χ1v) is 6.01. The lowest BCUT2D eigenvalue weighted by Gasteiger charge is -2.08. The molecule has 0 bridgehead atoms. The third-order valence-corrected chi connectivity index (χ3v) is 3.04. The molecule has 19 heavy (non-hydrogen) atoms. The summed E-state index contributed by atoms with van der Waals surface area (Å²) in [5.74, 6) is -2.12. The highest BCUT2D eigenvalue weighted by molar-refractivity contribution is 9.10. The largest absolute Gasteiger partial charge is 0.507 e. The van der Waals surface area contributed by atoms with Crippen LogP contribution >= 0.6 is 15.9 Å². The topological polar surface area (TPSA) is 49.3 Å². The van der Waals surface area contributed by atoms with Crippen molar-refractivity contribution in [1.82, 2.24) is 0 Å². The van der Waals surface area contributed by atoms with Gasteiger partial charge >= 0.3 is 0 Å². The zero-order chi connectivity index (χ0) is 14.0. The molecule has 0 atom stereocenters. The van der Waals surface area contributed by atoms with Gasteiger partial charge in [0.15, 0.2) is 0 Å². The lowest BCUT2D eigenvalue weighted by Crippen LogP contribution is -2.12. The number of anilines is 1. The van der Waals surface area contributed by atoms with Gasteiger partial charge < -0.3 is 10.4 Å². The molecule has 2 aromatic rings. The summed E-state index contributed by atoms with van der Waals surface area (Å²) in [6.07, 6.45) is 0. The smallest absolute Gasteiger partial charge is 0.259 e. The molecule has 2 aromatic carbocycles. The van der Waals surface area contributed by atoms with Crippen LogP contribution in [0.25, 0.3) is 0 Å². The van der Waals surface area contributed by atoms with Gasteiger partial charge in [-0.05, 0) is 52.3 Å². The minimum absolute atomic E-state index is 0.198. The lowest BCUT2D eigenvalue weighted by molar-refractivity contribution is 0.102. The number of phenols is 1.